The van der Waals surface area contributed by atoms with Crippen LogP contribution in [0, 0.1) is 10.1 Å². The number of aromatic nitrogens is 1. The van der Waals surface area contributed by atoms with Gasteiger partial charge in [-0.3, -0.25) is 10.1 Å². The third-order valence-electron chi connectivity index (χ3n) is 3.96. The van der Waals surface area contributed by atoms with Crippen LogP contribution < -0.4 is 4.72 Å². The molecule has 0 radical (unpaired) electrons. The summed E-state index contributed by atoms with van der Waals surface area (Å²) in [5.74, 6) is 0. The van der Waals surface area contributed by atoms with Crippen LogP contribution in [0.2, 0.25) is 5.02 Å². The summed E-state index contributed by atoms with van der Waals surface area (Å²) in [7, 11) is -4.00. The summed E-state index contributed by atoms with van der Waals surface area (Å²) in [4.78, 5) is 9.93. The summed E-state index contributed by atoms with van der Waals surface area (Å²) in [6.07, 6.45) is 2.49. The molecule has 0 unspecified atom stereocenters. The number of fused-ring (bicyclic) bond motifs is 1. The van der Waals surface area contributed by atoms with E-state index < -0.39 is 25.5 Å². The first kappa shape index (κ1) is 18.4. The zero-order valence-corrected chi connectivity index (χ0v) is 15.2. The van der Waals surface area contributed by atoms with E-state index in [0.29, 0.717) is 13.0 Å². The molecular weight excluding hydrogens is 378 g/mol. The van der Waals surface area contributed by atoms with Gasteiger partial charge in [-0.25, -0.2) is 13.1 Å². The second-order valence-electron chi connectivity index (χ2n) is 5.69. The number of nitro groups is 1. The van der Waals surface area contributed by atoms with Crippen LogP contribution >= 0.6 is 11.6 Å². The Balaban J connectivity index is 1.67. The summed E-state index contributed by atoms with van der Waals surface area (Å²) >= 11 is 5.72. The average molecular weight is 394 g/mol. The van der Waals surface area contributed by atoms with Crippen molar-refractivity contribution in [3.63, 3.8) is 0 Å². The van der Waals surface area contributed by atoms with Crippen molar-refractivity contribution in [2.75, 3.05) is 6.54 Å². The van der Waals surface area contributed by atoms with Crippen LogP contribution in [0.15, 0.2) is 59.6 Å². The van der Waals surface area contributed by atoms with Gasteiger partial charge in [-0.1, -0.05) is 29.8 Å². The van der Waals surface area contributed by atoms with Gasteiger partial charge < -0.3 is 4.57 Å². The van der Waals surface area contributed by atoms with Crippen LogP contribution in [-0.4, -0.2) is 24.5 Å². The van der Waals surface area contributed by atoms with Crippen LogP contribution in [0.1, 0.15) is 6.42 Å². The van der Waals surface area contributed by atoms with Gasteiger partial charge in [0.1, 0.15) is 0 Å². The molecule has 1 N–H and O–H groups in total. The minimum Gasteiger partial charge on any atom is -0.347 e. The monoisotopic (exact) mass is 393 g/mol. The van der Waals surface area contributed by atoms with E-state index in [0.717, 1.165) is 23.0 Å². The molecule has 26 heavy (non-hydrogen) atoms. The molecule has 0 aliphatic heterocycles. The summed E-state index contributed by atoms with van der Waals surface area (Å²) in [6, 6.07) is 13.4. The molecule has 0 aliphatic rings. The number of sulfonamides is 1. The quantitative estimate of drug-likeness (QED) is 0.377. The molecule has 3 rings (SSSR count). The van der Waals surface area contributed by atoms with E-state index in [1.807, 2.05) is 41.1 Å². The predicted octanol–water partition coefficient (Wildman–Crippen LogP) is 3.57. The van der Waals surface area contributed by atoms with Crippen molar-refractivity contribution in [1.82, 2.24) is 9.29 Å². The third-order valence-corrected chi connectivity index (χ3v) is 5.70. The summed E-state index contributed by atoms with van der Waals surface area (Å²) in [6.45, 7) is 0.785. The molecule has 7 nitrogen and oxygen atoms in total. The number of nitrogens with zero attached hydrogens (tertiary/aromatic N) is 2. The van der Waals surface area contributed by atoms with Gasteiger partial charge in [-0.15, -0.1) is 0 Å². The van der Waals surface area contributed by atoms with E-state index in [9.17, 15) is 18.5 Å². The smallest absolute Gasteiger partial charge is 0.290 e. The number of nitrogens with one attached hydrogen (secondary N) is 1. The first-order chi connectivity index (χ1) is 12.4. The molecule has 3 aromatic rings. The summed E-state index contributed by atoms with van der Waals surface area (Å²) < 4.78 is 29.2. The number of halogens is 1. The normalized spacial score (nSPS) is 11.7. The fourth-order valence-corrected chi connectivity index (χ4v) is 4.12. The maximum absolute atomic E-state index is 12.4. The Morgan fingerprint density at radius 1 is 1.15 bits per heavy atom. The van der Waals surface area contributed by atoms with Crippen molar-refractivity contribution in [2.24, 2.45) is 0 Å². The molecule has 0 saturated heterocycles. The van der Waals surface area contributed by atoms with E-state index in [1.54, 1.807) is 0 Å². The van der Waals surface area contributed by atoms with E-state index in [1.165, 1.54) is 6.07 Å². The van der Waals surface area contributed by atoms with Gasteiger partial charge in [0.25, 0.3) is 5.69 Å². The average Bonchev–Trinajstić information content (AvgIpc) is 3.01. The Labute approximate surface area is 155 Å². The van der Waals surface area contributed by atoms with E-state index in [-0.39, 0.29) is 11.6 Å². The second-order valence-corrected chi connectivity index (χ2v) is 7.86. The molecule has 0 spiro atoms. The van der Waals surface area contributed by atoms with Gasteiger partial charge in [0.2, 0.25) is 10.0 Å². The van der Waals surface area contributed by atoms with E-state index >= 15 is 0 Å². The SMILES string of the molecule is O=[N+]([O-])c1cc(Cl)ccc1S(=O)(=O)NCCCn1ccc2ccccc21. The number of nitro benzene ring substituents is 1. The lowest BCUT2D eigenvalue weighted by Crippen LogP contribution is -2.26. The molecule has 1 heterocycles. The molecule has 0 atom stereocenters. The van der Waals surface area contributed by atoms with Gasteiger partial charge >= 0.3 is 0 Å². The highest BCUT2D eigenvalue weighted by molar-refractivity contribution is 7.89. The van der Waals surface area contributed by atoms with E-state index in [2.05, 4.69) is 4.72 Å². The van der Waals surface area contributed by atoms with Gasteiger partial charge in [0.15, 0.2) is 4.90 Å². The molecule has 0 aliphatic carbocycles. The van der Waals surface area contributed by atoms with Crippen LogP contribution in [-0.2, 0) is 16.6 Å². The first-order valence-corrected chi connectivity index (χ1v) is 9.72. The number of hydrogen-bond acceptors (Lipinski definition) is 4. The number of aryl methyl sites for hydroxylation is 1. The van der Waals surface area contributed by atoms with Gasteiger partial charge in [-0.05, 0) is 36.1 Å². The fourth-order valence-electron chi connectivity index (χ4n) is 2.73. The molecule has 1 aromatic heterocycles. The summed E-state index contributed by atoms with van der Waals surface area (Å²) in [5.41, 5.74) is 0.532. The Hall–Kier alpha value is -2.42. The highest BCUT2D eigenvalue weighted by Crippen LogP contribution is 2.27. The molecule has 0 bridgehead atoms. The van der Waals surface area contributed by atoms with Crippen molar-refractivity contribution >= 4 is 38.2 Å². The maximum Gasteiger partial charge on any atom is 0.290 e. The minimum absolute atomic E-state index is 0.107. The summed E-state index contributed by atoms with van der Waals surface area (Å²) in [5, 5.41) is 12.3. The van der Waals surface area contributed by atoms with Crippen LogP contribution in [0.3, 0.4) is 0 Å². The molecule has 2 aromatic carbocycles. The lowest BCUT2D eigenvalue weighted by atomic mass is 10.2. The standard InChI is InChI=1S/C17H16ClN3O4S/c18-14-6-7-17(16(12-14)21(22)23)26(24,25)19-9-3-10-20-11-8-13-4-1-2-5-15(13)20/h1-2,4-8,11-12,19H,3,9-10H2. The Bertz CT molecular complexity index is 1060. The molecule has 0 saturated carbocycles. The highest BCUT2D eigenvalue weighted by atomic mass is 35.5. The predicted molar refractivity (Wildman–Crippen MR) is 99.8 cm³/mol. The second kappa shape index (κ2) is 7.45. The van der Waals surface area contributed by atoms with Crippen molar-refractivity contribution in [3.8, 4) is 0 Å². The molecule has 136 valence electrons. The Kier molecular flexibility index (Phi) is 5.26. The molecule has 0 amide bonds. The first-order valence-electron chi connectivity index (χ1n) is 7.86. The molecule has 9 heteroatoms. The number of hydrogen-bond donors (Lipinski definition) is 1. The Morgan fingerprint density at radius 3 is 2.69 bits per heavy atom. The van der Waals surface area contributed by atoms with Crippen molar-refractivity contribution in [3.05, 3.63) is 69.9 Å². The van der Waals surface area contributed by atoms with Gasteiger partial charge in [0, 0.05) is 35.9 Å². The lowest BCUT2D eigenvalue weighted by Gasteiger charge is -2.09. The van der Waals surface area contributed by atoms with Crippen LogP contribution in [0.5, 0.6) is 0 Å². The van der Waals surface area contributed by atoms with Crippen molar-refractivity contribution < 1.29 is 13.3 Å². The lowest BCUT2D eigenvalue weighted by molar-refractivity contribution is -0.387. The third kappa shape index (κ3) is 3.87. The fraction of sp³-hybridized carbons (Fsp3) is 0.176. The van der Waals surface area contributed by atoms with Gasteiger partial charge in [-0.2, -0.15) is 0 Å². The number of para-hydroxylation sites is 1. The topological polar surface area (TPSA) is 94.2 Å². The molecule has 0 fully saturated rings. The number of rotatable bonds is 7. The van der Waals surface area contributed by atoms with E-state index in [4.69, 9.17) is 11.6 Å². The zero-order chi connectivity index (χ0) is 18.7. The maximum atomic E-state index is 12.4. The zero-order valence-electron chi connectivity index (χ0n) is 13.6. The Morgan fingerprint density at radius 2 is 1.92 bits per heavy atom. The minimum atomic E-state index is -4.00. The van der Waals surface area contributed by atoms with Gasteiger partial charge in [0.05, 0.1) is 4.92 Å². The highest BCUT2D eigenvalue weighted by Gasteiger charge is 2.25. The molecular formula is C17H16ClN3O4S. The van der Waals surface area contributed by atoms with Crippen LogP contribution in [0.4, 0.5) is 5.69 Å². The van der Waals surface area contributed by atoms with Crippen LogP contribution in [0.25, 0.3) is 10.9 Å². The largest absolute Gasteiger partial charge is 0.347 e. The number of benzene rings is 2. The van der Waals surface area contributed by atoms with Crippen molar-refractivity contribution in [2.45, 2.75) is 17.9 Å². The van der Waals surface area contributed by atoms with Crippen molar-refractivity contribution in [1.29, 1.82) is 0 Å².